The highest BCUT2D eigenvalue weighted by atomic mass is 24.3. The molecule has 0 aromatic carbocycles. The monoisotopic (exact) mass is 256 g/mol. The summed E-state index contributed by atoms with van der Waals surface area (Å²) in [6.07, 6.45) is 7.00. The smallest absolute Gasteiger partial charge is 0.329 e. The highest BCUT2D eigenvalue weighted by Crippen LogP contribution is 2.04. The van der Waals surface area contributed by atoms with E-state index in [-0.39, 0.29) is 23.1 Å². The van der Waals surface area contributed by atoms with Crippen LogP contribution in [0.15, 0.2) is 12.7 Å². The van der Waals surface area contributed by atoms with Crippen molar-refractivity contribution in [1.29, 1.82) is 0 Å². The molecule has 0 saturated heterocycles. The van der Waals surface area contributed by atoms with Crippen LogP contribution in [0.25, 0.3) is 0 Å². The van der Waals surface area contributed by atoms with Crippen LogP contribution in [-0.2, 0) is 14.3 Å². The molecule has 0 aliphatic carbocycles. The zero-order valence-electron chi connectivity index (χ0n) is 10.2. The maximum atomic E-state index is 10.0. The fourth-order valence-corrected chi connectivity index (χ4v) is 0.963. The molecule has 0 saturated carbocycles. The lowest BCUT2D eigenvalue weighted by atomic mass is 10.1. The van der Waals surface area contributed by atoms with Crippen LogP contribution >= 0.6 is 0 Å². The van der Waals surface area contributed by atoms with E-state index in [1.807, 2.05) is 0 Å². The number of unbranched alkanes of at least 4 members (excludes halogenated alkanes) is 4. The quantitative estimate of drug-likeness (QED) is 0.327. The molecule has 0 aliphatic rings. The SMILES string of the molecule is C=CC(=O)OC.CCCCCCCC(=O)O.[MgH2]. The molecule has 98 valence electrons. The summed E-state index contributed by atoms with van der Waals surface area (Å²) in [4.78, 5) is 19.9. The van der Waals surface area contributed by atoms with Gasteiger partial charge in [-0.1, -0.05) is 39.2 Å². The van der Waals surface area contributed by atoms with E-state index < -0.39 is 11.9 Å². The van der Waals surface area contributed by atoms with Crippen molar-refractivity contribution in [1.82, 2.24) is 0 Å². The van der Waals surface area contributed by atoms with Crippen LogP contribution in [0.5, 0.6) is 0 Å². The highest BCUT2D eigenvalue weighted by Gasteiger charge is 1.94. The van der Waals surface area contributed by atoms with Crippen LogP contribution in [-0.4, -0.2) is 47.2 Å². The van der Waals surface area contributed by atoms with Gasteiger partial charge in [0.1, 0.15) is 0 Å². The predicted molar refractivity (Wildman–Crippen MR) is 71.8 cm³/mol. The average molecular weight is 257 g/mol. The standard InChI is InChI=1S/C8H16O2.C4H6O2.Mg.2H/c1-2-3-4-5-6-7-8(9)10;1-3-4(5)6-2;;;/h2-7H2,1H3,(H,9,10);3H,1H2,2H3;;;. The lowest BCUT2D eigenvalue weighted by Crippen LogP contribution is -1.93. The van der Waals surface area contributed by atoms with Crippen molar-refractivity contribution >= 4 is 35.0 Å². The van der Waals surface area contributed by atoms with Crippen LogP contribution < -0.4 is 0 Å². The first kappa shape index (κ1) is 21.7. The number of rotatable bonds is 7. The van der Waals surface area contributed by atoms with E-state index in [4.69, 9.17) is 5.11 Å². The molecule has 0 amide bonds. The van der Waals surface area contributed by atoms with Gasteiger partial charge in [-0.25, -0.2) is 4.79 Å². The molecule has 0 aliphatic heterocycles. The van der Waals surface area contributed by atoms with E-state index in [0.29, 0.717) is 6.42 Å². The molecule has 0 heterocycles. The normalized spacial score (nSPS) is 8.12. The second-order valence-corrected chi connectivity index (χ2v) is 3.29. The number of aliphatic carboxylic acids is 1. The lowest BCUT2D eigenvalue weighted by Gasteiger charge is -1.95. The Kier molecular flexibility index (Phi) is 22.8. The van der Waals surface area contributed by atoms with Crippen molar-refractivity contribution in [2.45, 2.75) is 45.4 Å². The Balaban J connectivity index is -0.000000244. The minimum atomic E-state index is -0.670. The second-order valence-electron chi connectivity index (χ2n) is 3.29. The maximum absolute atomic E-state index is 10.0. The molecule has 4 nitrogen and oxygen atoms in total. The Hall–Kier alpha value is -0.554. The van der Waals surface area contributed by atoms with E-state index in [1.54, 1.807) is 0 Å². The van der Waals surface area contributed by atoms with E-state index in [1.165, 1.54) is 26.4 Å². The van der Waals surface area contributed by atoms with Gasteiger partial charge in [0.15, 0.2) is 0 Å². The molecule has 0 spiro atoms. The summed E-state index contributed by atoms with van der Waals surface area (Å²) in [5, 5.41) is 8.27. The van der Waals surface area contributed by atoms with Gasteiger partial charge >= 0.3 is 35.0 Å². The minimum absolute atomic E-state index is 0. The molecule has 0 rings (SSSR count). The Labute approximate surface area is 120 Å². The van der Waals surface area contributed by atoms with Crippen molar-refractivity contribution in [2.24, 2.45) is 0 Å². The van der Waals surface area contributed by atoms with Crippen LogP contribution in [0.1, 0.15) is 45.4 Å². The summed E-state index contributed by atoms with van der Waals surface area (Å²) < 4.78 is 4.14. The summed E-state index contributed by atoms with van der Waals surface area (Å²) in [6, 6.07) is 0. The molecule has 1 N–H and O–H groups in total. The van der Waals surface area contributed by atoms with Crippen molar-refractivity contribution in [3.8, 4) is 0 Å². The molecule has 17 heavy (non-hydrogen) atoms. The third kappa shape index (κ3) is 25.6. The largest absolute Gasteiger partial charge is 0.481 e. The summed E-state index contributed by atoms with van der Waals surface area (Å²) in [6.45, 7) is 5.31. The molecular formula is C12H24MgO4. The van der Waals surface area contributed by atoms with Gasteiger partial charge < -0.3 is 9.84 Å². The Morgan fingerprint density at radius 3 is 2.06 bits per heavy atom. The van der Waals surface area contributed by atoms with Gasteiger partial charge in [0.05, 0.1) is 7.11 Å². The molecule has 0 unspecified atom stereocenters. The van der Waals surface area contributed by atoms with Gasteiger partial charge in [0.2, 0.25) is 0 Å². The van der Waals surface area contributed by atoms with Gasteiger partial charge in [-0.05, 0) is 6.42 Å². The predicted octanol–water partition coefficient (Wildman–Crippen LogP) is 1.86. The van der Waals surface area contributed by atoms with Crippen LogP contribution in [0.2, 0.25) is 0 Å². The molecule has 0 aromatic rings. The number of esters is 1. The zero-order chi connectivity index (χ0) is 12.8. The van der Waals surface area contributed by atoms with E-state index >= 15 is 0 Å². The molecular weight excluding hydrogens is 232 g/mol. The molecule has 0 radical (unpaired) electrons. The van der Waals surface area contributed by atoms with E-state index in [9.17, 15) is 9.59 Å². The van der Waals surface area contributed by atoms with Gasteiger partial charge in [0, 0.05) is 12.5 Å². The van der Waals surface area contributed by atoms with E-state index in [2.05, 4.69) is 18.2 Å². The Morgan fingerprint density at radius 2 is 1.76 bits per heavy atom. The number of methoxy groups -OCH3 is 1. The van der Waals surface area contributed by atoms with Crippen molar-refractivity contribution in [2.75, 3.05) is 7.11 Å². The number of carbonyl (C=O) groups is 2. The van der Waals surface area contributed by atoms with Gasteiger partial charge in [0.25, 0.3) is 0 Å². The molecule has 0 fully saturated rings. The Morgan fingerprint density at radius 1 is 1.24 bits per heavy atom. The number of hydrogen-bond donors (Lipinski definition) is 1. The Bertz CT molecular complexity index is 205. The lowest BCUT2D eigenvalue weighted by molar-refractivity contribution is -0.137. The molecule has 5 heteroatoms. The summed E-state index contributed by atoms with van der Waals surface area (Å²) in [5.74, 6) is -1.06. The number of carboxylic acids is 1. The zero-order valence-corrected chi connectivity index (χ0v) is 10.2. The van der Waals surface area contributed by atoms with E-state index in [0.717, 1.165) is 18.9 Å². The fourth-order valence-electron chi connectivity index (χ4n) is 0.963. The maximum Gasteiger partial charge on any atom is 0.329 e. The highest BCUT2D eigenvalue weighted by molar-refractivity contribution is 5.80. The second kappa shape index (κ2) is 17.8. The van der Waals surface area contributed by atoms with Gasteiger partial charge in [-0.15, -0.1) is 0 Å². The molecule has 0 aromatic heterocycles. The summed E-state index contributed by atoms with van der Waals surface area (Å²) in [5.41, 5.74) is 0. The van der Waals surface area contributed by atoms with Crippen molar-refractivity contribution < 1.29 is 19.4 Å². The van der Waals surface area contributed by atoms with Gasteiger partial charge in [-0.2, -0.15) is 0 Å². The minimum Gasteiger partial charge on any atom is -0.481 e. The first-order valence-corrected chi connectivity index (χ1v) is 5.50. The third-order valence-corrected chi connectivity index (χ3v) is 1.86. The van der Waals surface area contributed by atoms with Gasteiger partial charge in [-0.3, -0.25) is 4.79 Å². The summed E-state index contributed by atoms with van der Waals surface area (Å²) in [7, 11) is 1.31. The first-order chi connectivity index (χ1) is 7.58. The van der Waals surface area contributed by atoms with Crippen molar-refractivity contribution in [3.63, 3.8) is 0 Å². The topological polar surface area (TPSA) is 63.6 Å². The number of carbonyl (C=O) groups excluding carboxylic acids is 1. The molecule has 0 bridgehead atoms. The van der Waals surface area contributed by atoms with Crippen LogP contribution in [0.4, 0.5) is 0 Å². The number of carboxylic acid groups (broad SMARTS) is 1. The van der Waals surface area contributed by atoms with Crippen LogP contribution in [0, 0.1) is 0 Å². The molecule has 0 atom stereocenters. The third-order valence-electron chi connectivity index (χ3n) is 1.86. The number of hydrogen-bond acceptors (Lipinski definition) is 3. The summed E-state index contributed by atoms with van der Waals surface area (Å²) >= 11 is 0. The average Bonchev–Trinajstić information content (AvgIpc) is 2.28. The van der Waals surface area contributed by atoms with Crippen LogP contribution in [0.3, 0.4) is 0 Å². The van der Waals surface area contributed by atoms with Crippen molar-refractivity contribution in [3.05, 3.63) is 12.7 Å². The first-order valence-electron chi connectivity index (χ1n) is 5.50. The fraction of sp³-hybridized carbons (Fsp3) is 0.667. The number of ether oxygens (including phenoxy) is 1.